The van der Waals surface area contributed by atoms with Crippen molar-refractivity contribution >= 4 is 23.8 Å². The number of hydrogen-bond acceptors (Lipinski definition) is 10. The van der Waals surface area contributed by atoms with Gasteiger partial charge >= 0.3 is 17.9 Å². The Morgan fingerprint density at radius 3 is 2.18 bits per heavy atom. The molecule has 7 atom stereocenters. The van der Waals surface area contributed by atoms with E-state index in [1.807, 2.05) is 0 Å². The normalized spacial score (nSPS) is 28.9. The summed E-state index contributed by atoms with van der Waals surface area (Å²) >= 11 is 0. The minimum Gasteiger partial charge on any atom is -0.463 e. The highest BCUT2D eigenvalue weighted by atomic mass is 16.7. The molecule has 0 saturated carbocycles. The van der Waals surface area contributed by atoms with Crippen molar-refractivity contribution in [2.45, 2.75) is 123 Å². The molecular weight excluding hydrogens is 498 g/mol. The molecule has 1 amide bonds. The Labute approximate surface area is 225 Å². The van der Waals surface area contributed by atoms with Crippen molar-refractivity contribution in [1.82, 2.24) is 5.32 Å². The van der Waals surface area contributed by atoms with E-state index in [-0.39, 0.29) is 12.5 Å². The van der Waals surface area contributed by atoms with Crippen molar-refractivity contribution in [1.29, 1.82) is 0 Å². The summed E-state index contributed by atoms with van der Waals surface area (Å²) in [5.74, 6) is -2.10. The molecule has 0 bridgehead atoms. The zero-order valence-electron chi connectivity index (χ0n) is 23.4. The van der Waals surface area contributed by atoms with Crippen molar-refractivity contribution < 1.29 is 47.6 Å². The van der Waals surface area contributed by atoms with Gasteiger partial charge in [-0.3, -0.25) is 19.2 Å². The summed E-state index contributed by atoms with van der Waals surface area (Å²) in [6, 6.07) is 0. The van der Waals surface area contributed by atoms with E-state index >= 15 is 0 Å². The number of nitrogens with one attached hydrogen (secondary N) is 1. The van der Waals surface area contributed by atoms with Gasteiger partial charge in [-0.2, -0.15) is 0 Å². The summed E-state index contributed by atoms with van der Waals surface area (Å²) in [7, 11) is 0. The molecular formula is C27H45NO10. The number of amides is 1. The number of rotatable bonds is 15. The fraction of sp³-hybridized carbons (Fsp3) is 0.852. The second kappa shape index (κ2) is 16.7. The molecule has 0 unspecified atom stereocenters. The molecule has 2 rings (SSSR count). The van der Waals surface area contributed by atoms with Crippen LogP contribution in [-0.4, -0.2) is 80.4 Å². The summed E-state index contributed by atoms with van der Waals surface area (Å²) in [4.78, 5) is 46.9. The summed E-state index contributed by atoms with van der Waals surface area (Å²) in [6.07, 6.45) is 4.05. The first-order chi connectivity index (χ1) is 18.1. The lowest BCUT2D eigenvalue weighted by molar-refractivity contribution is -0.288. The minimum absolute atomic E-state index is 0.00616. The van der Waals surface area contributed by atoms with Gasteiger partial charge in [0.25, 0.3) is 0 Å². The first-order valence-corrected chi connectivity index (χ1v) is 13.8. The summed E-state index contributed by atoms with van der Waals surface area (Å²) in [5, 5.41) is 2.96. The largest absolute Gasteiger partial charge is 0.463 e. The Morgan fingerprint density at radius 1 is 0.868 bits per heavy atom. The Morgan fingerprint density at radius 2 is 1.55 bits per heavy atom. The molecule has 2 saturated heterocycles. The van der Waals surface area contributed by atoms with Crippen LogP contribution in [0.4, 0.5) is 0 Å². The molecule has 0 aliphatic carbocycles. The van der Waals surface area contributed by atoms with Crippen LogP contribution >= 0.6 is 0 Å². The lowest BCUT2D eigenvalue weighted by Crippen LogP contribution is -2.58. The number of hydrogen-bond donors (Lipinski definition) is 1. The van der Waals surface area contributed by atoms with Crippen LogP contribution < -0.4 is 5.32 Å². The molecule has 218 valence electrons. The molecule has 0 aromatic carbocycles. The predicted molar refractivity (Wildman–Crippen MR) is 136 cm³/mol. The van der Waals surface area contributed by atoms with Crippen LogP contribution in [0.2, 0.25) is 0 Å². The van der Waals surface area contributed by atoms with Crippen LogP contribution in [0.5, 0.6) is 0 Å². The molecule has 11 heteroatoms. The van der Waals surface area contributed by atoms with E-state index in [2.05, 4.69) is 12.2 Å². The van der Waals surface area contributed by atoms with E-state index in [0.29, 0.717) is 44.6 Å². The topological polar surface area (TPSA) is 136 Å². The number of esters is 3. The first-order valence-electron chi connectivity index (χ1n) is 13.8. The van der Waals surface area contributed by atoms with Gasteiger partial charge in [0.05, 0.1) is 12.2 Å². The van der Waals surface area contributed by atoms with Gasteiger partial charge in [0.15, 0.2) is 12.4 Å². The van der Waals surface area contributed by atoms with Gasteiger partial charge in [0.2, 0.25) is 5.91 Å². The molecule has 11 nitrogen and oxygen atoms in total. The van der Waals surface area contributed by atoms with E-state index in [0.717, 1.165) is 32.1 Å². The highest BCUT2D eigenvalue weighted by molar-refractivity contribution is 5.75. The van der Waals surface area contributed by atoms with Crippen LogP contribution in [0.3, 0.4) is 0 Å². The maximum atomic E-state index is 12.2. The molecule has 38 heavy (non-hydrogen) atoms. The zero-order chi connectivity index (χ0) is 28.1. The lowest BCUT2D eigenvalue weighted by atomic mass is 9.92. The molecule has 2 heterocycles. The molecule has 0 radical (unpaired) electrons. The zero-order valence-corrected chi connectivity index (χ0v) is 23.4. The Bertz CT molecular complexity index is 775. The van der Waals surface area contributed by atoms with Crippen LogP contribution in [0.1, 0.15) is 86.0 Å². The van der Waals surface area contributed by atoms with Gasteiger partial charge in [0, 0.05) is 46.3 Å². The SMILES string of the molecule is CC[C@@H]1CC[C@H](CCCNC(=O)CCCCO[C@@H]2O[C@H](COC(C)=O)[C@H](OC(C)=O)[C@H](OC(C)=O)[C@H]2C)O1. The highest BCUT2D eigenvalue weighted by Crippen LogP contribution is 2.32. The van der Waals surface area contributed by atoms with Crippen molar-refractivity contribution in [3.63, 3.8) is 0 Å². The molecule has 2 fully saturated rings. The predicted octanol–water partition coefficient (Wildman–Crippen LogP) is 2.81. The van der Waals surface area contributed by atoms with E-state index in [4.69, 9.17) is 28.4 Å². The maximum Gasteiger partial charge on any atom is 0.303 e. The average Bonchev–Trinajstić information content (AvgIpc) is 3.31. The molecule has 0 spiro atoms. The number of ether oxygens (including phenoxy) is 6. The number of carbonyl (C=O) groups is 4. The third kappa shape index (κ3) is 11.2. The molecule has 0 aromatic rings. The van der Waals surface area contributed by atoms with Gasteiger partial charge in [-0.05, 0) is 44.9 Å². The van der Waals surface area contributed by atoms with Gasteiger partial charge in [-0.1, -0.05) is 13.8 Å². The van der Waals surface area contributed by atoms with Crippen molar-refractivity contribution in [2.24, 2.45) is 5.92 Å². The second-order valence-electron chi connectivity index (χ2n) is 10.0. The van der Waals surface area contributed by atoms with Gasteiger partial charge in [0.1, 0.15) is 18.8 Å². The number of unbranched alkanes of at least 4 members (excludes halogenated alkanes) is 1. The maximum absolute atomic E-state index is 12.2. The average molecular weight is 544 g/mol. The van der Waals surface area contributed by atoms with Crippen LogP contribution in [-0.2, 0) is 47.6 Å². The number of carbonyl (C=O) groups excluding carboxylic acids is 4. The fourth-order valence-electron chi connectivity index (χ4n) is 4.79. The molecule has 1 N–H and O–H groups in total. The third-order valence-corrected chi connectivity index (χ3v) is 6.76. The summed E-state index contributed by atoms with van der Waals surface area (Å²) in [6.45, 7) is 8.43. The lowest BCUT2D eigenvalue weighted by Gasteiger charge is -2.43. The van der Waals surface area contributed by atoms with E-state index in [9.17, 15) is 19.2 Å². The van der Waals surface area contributed by atoms with Gasteiger partial charge in [-0.15, -0.1) is 0 Å². The van der Waals surface area contributed by atoms with Crippen molar-refractivity contribution in [3.05, 3.63) is 0 Å². The van der Waals surface area contributed by atoms with E-state index < -0.39 is 48.4 Å². The van der Waals surface area contributed by atoms with E-state index in [1.54, 1.807) is 6.92 Å². The quantitative estimate of drug-likeness (QED) is 0.187. The highest BCUT2D eigenvalue weighted by Gasteiger charge is 2.48. The molecule has 0 aromatic heterocycles. The first kappa shape index (κ1) is 32.0. The van der Waals surface area contributed by atoms with Gasteiger partial charge < -0.3 is 33.7 Å². The van der Waals surface area contributed by atoms with Crippen molar-refractivity contribution in [2.75, 3.05) is 19.8 Å². The molecule has 2 aliphatic heterocycles. The van der Waals surface area contributed by atoms with Gasteiger partial charge in [-0.25, -0.2) is 0 Å². The van der Waals surface area contributed by atoms with Crippen LogP contribution in [0, 0.1) is 5.92 Å². The fourth-order valence-corrected chi connectivity index (χ4v) is 4.79. The summed E-state index contributed by atoms with van der Waals surface area (Å²) in [5.41, 5.74) is 0. The monoisotopic (exact) mass is 543 g/mol. The molecule has 2 aliphatic rings. The minimum atomic E-state index is -0.956. The summed E-state index contributed by atoms with van der Waals surface area (Å²) < 4.78 is 33.7. The standard InChI is InChI=1S/C27H45NO10/c1-6-21-12-13-22(37-21)10-9-14-28-24(32)11-7-8-15-33-27-17(2)25(35-19(4)30)26(36-20(5)31)23(38-27)16-34-18(3)29/h17,21-23,25-27H,6-16H2,1-5H3,(H,28,32)/t17-,21-,22+,23-,25-,26+,27-/m1/s1. The Kier molecular flexibility index (Phi) is 14.0. The van der Waals surface area contributed by atoms with E-state index in [1.165, 1.54) is 20.8 Å². The smallest absolute Gasteiger partial charge is 0.303 e. The third-order valence-electron chi connectivity index (χ3n) is 6.76. The van der Waals surface area contributed by atoms with Crippen molar-refractivity contribution in [3.8, 4) is 0 Å². The second-order valence-corrected chi connectivity index (χ2v) is 10.0. The van der Waals surface area contributed by atoms with Crippen LogP contribution in [0.15, 0.2) is 0 Å². The Balaban J connectivity index is 1.74. The van der Waals surface area contributed by atoms with Crippen LogP contribution in [0.25, 0.3) is 0 Å². The Hall–Kier alpha value is -2.24.